The predicted octanol–water partition coefficient (Wildman–Crippen LogP) is 3.25. The number of sulfonamides is 1. The zero-order valence-electron chi connectivity index (χ0n) is 22.1. The zero-order chi connectivity index (χ0) is 26.6. The van der Waals surface area contributed by atoms with E-state index in [1.54, 1.807) is 34.1 Å². The first kappa shape index (κ1) is 27.7. The maximum absolute atomic E-state index is 13.7. The fourth-order valence-electron chi connectivity index (χ4n) is 4.91. The Morgan fingerprint density at radius 2 is 1.78 bits per heavy atom. The number of ether oxygens (including phenoxy) is 1. The lowest BCUT2D eigenvalue weighted by Gasteiger charge is -2.27. The Hall–Kier alpha value is -2.91. The van der Waals surface area contributed by atoms with Crippen LogP contribution in [-0.2, 0) is 21.2 Å². The van der Waals surface area contributed by atoms with Crippen molar-refractivity contribution in [2.24, 2.45) is 10.7 Å². The van der Waals surface area contributed by atoms with Crippen LogP contribution in [0.2, 0.25) is 0 Å². The number of amides is 1. The van der Waals surface area contributed by atoms with Crippen LogP contribution >= 0.6 is 0 Å². The van der Waals surface area contributed by atoms with Crippen LogP contribution in [0.4, 0.5) is 0 Å². The fraction of sp³-hybridized carbons (Fsp3) is 0.481. The maximum Gasteiger partial charge on any atom is 0.244 e. The van der Waals surface area contributed by atoms with Gasteiger partial charge in [-0.05, 0) is 68.4 Å². The van der Waals surface area contributed by atoms with Gasteiger partial charge in [-0.1, -0.05) is 37.1 Å². The molecule has 0 unspecified atom stereocenters. The first-order valence-corrected chi connectivity index (χ1v) is 13.7. The SMILES string of the molecule is CN=C(NC1CCCC1)c1ccc(C[C@@H](C(N)=O)N(C)S(=O)(=O)c2c(C)cc(OC)c(C)c2C)cc1. The van der Waals surface area contributed by atoms with Gasteiger partial charge >= 0.3 is 0 Å². The first-order valence-electron chi connectivity index (χ1n) is 12.3. The second-order valence-electron chi connectivity index (χ2n) is 9.51. The van der Waals surface area contributed by atoms with E-state index in [1.807, 2.05) is 31.2 Å². The van der Waals surface area contributed by atoms with Gasteiger partial charge in [0, 0.05) is 25.7 Å². The highest BCUT2D eigenvalue weighted by molar-refractivity contribution is 7.89. The average Bonchev–Trinajstić information content (AvgIpc) is 3.36. The van der Waals surface area contributed by atoms with E-state index in [-0.39, 0.29) is 11.3 Å². The van der Waals surface area contributed by atoms with E-state index >= 15 is 0 Å². The molecule has 0 heterocycles. The minimum Gasteiger partial charge on any atom is -0.496 e. The zero-order valence-corrected chi connectivity index (χ0v) is 22.9. The molecule has 0 aliphatic heterocycles. The highest BCUT2D eigenvalue weighted by atomic mass is 32.2. The molecule has 2 aromatic rings. The normalized spacial score (nSPS) is 15.8. The number of hydrogen-bond acceptors (Lipinski definition) is 5. The number of methoxy groups -OCH3 is 1. The number of amidine groups is 1. The minimum absolute atomic E-state index is 0.160. The number of hydrogen-bond donors (Lipinski definition) is 2. The number of primary amides is 1. The predicted molar refractivity (Wildman–Crippen MR) is 143 cm³/mol. The summed E-state index contributed by atoms with van der Waals surface area (Å²) in [4.78, 5) is 17.0. The van der Waals surface area contributed by atoms with E-state index in [1.165, 1.54) is 19.9 Å². The number of rotatable bonds is 9. The molecule has 196 valence electrons. The van der Waals surface area contributed by atoms with Crippen LogP contribution in [0.5, 0.6) is 5.75 Å². The lowest BCUT2D eigenvalue weighted by atomic mass is 10.0. The van der Waals surface area contributed by atoms with Crippen molar-refractivity contribution in [1.29, 1.82) is 0 Å². The van der Waals surface area contributed by atoms with Crippen molar-refractivity contribution in [3.8, 4) is 5.75 Å². The number of carbonyl (C=O) groups is 1. The molecule has 0 radical (unpaired) electrons. The Labute approximate surface area is 215 Å². The van der Waals surface area contributed by atoms with Crippen molar-refractivity contribution in [3.05, 3.63) is 58.1 Å². The molecule has 8 nitrogen and oxygen atoms in total. The molecule has 2 aromatic carbocycles. The third-order valence-corrected chi connectivity index (χ3v) is 9.34. The number of aryl methyl sites for hydroxylation is 1. The molecule has 36 heavy (non-hydrogen) atoms. The summed E-state index contributed by atoms with van der Waals surface area (Å²) in [6.07, 6.45) is 4.91. The molecule has 0 bridgehead atoms. The Morgan fingerprint density at radius 3 is 2.31 bits per heavy atom. The molecule has 3 N–H and O–H groups in total. The van der Waals surface area contributed by atoms with Crippen molar-refractivity contribution in [2.75, 3.05) is 21.2 Å². The quantitative estimate of drug-likeness (QED) is 0.394. The third-order valence-electron chi connectivity index (χ3n) is 7.18. The Morgan fingerprint density at radius 1 is 1.17 bits per heavy atom. The smallest absolute Gasteiger partial charge is 0.244 e. The molecule has 0 saturated heterocycles. The summed E-state index contributed by atoms with van der Waals surface area (Å²) in [6.45, 7) is 5.28. The molecule has 1 saturated carbocycles. The monoisotopic (exact) mass is 514 g/mol. The van der Waals surface area contributed by atoms with Gasteiger partial charge in [-0.3, -0.25) is 9.79 Å². The molecule has 3 rings (SSSR count). The standard InChI is InChI=1S/C27H38N4O4S/c1-17-15-24(35-6)18(2)19(3)25(17)36(33,34)31(5)23(26(28)32)16-20-11-13-21(14-12-20)27(29-4)30-22-9-7-8-10-22/h11-15,22-23H,7-10,16H2,1-6H3,(H2,28,32)(H,29,30)/t23-/m0/s1. The van der Waals surface area contributed by atoms with Gasteiger partial charge in [0.1, 0.15) is 17.6 Å². The Bertz CT molecular complexity index is 1230. The highest BCUT2D eigenvalue weighted by Crippen LogP contribution is 2.32. The molecule has 9 heteroatoms. The van der Waals surface area contributed by atoms with E-state index in [9.17, 15) is 13.2 Å². The van der Waals surface area contributed by atoms with Crippen molar-refractivity contribution in [3.63, 3.8) is 0 Å². The summed E-state index contributed by atoms with van der Waals surface area (Å²) in [6, 6.07) is 8.75. The second-order valence-corrected chi connectivity index (χ2v) is 11.4. The first-order chi connectivity index (χ1) is 17.0. The van der Waals surface area contributed by atoms with Gasteiger partial charge in [0.25, 0.3) is 0 Å². The summed E-state index contributed by atoms with van der Waals surface area (Å²) in [5.74, 6) is 0.750. The van der Waals surface area contributed by atoms with Gasteiger partial charge in [0.2, 0.25) is 15.9 Å². The van der Waals surface area contributed by atoms with Crippen LogP contribution in [0.1, 0.15) is 53.5 Å². The van der Waals surface area contributed by atoms with E-state index in [0.717, 1.165) is 39.7 Å². The van der Waals surface area contributed by atoms with Crippen LogP contribution in [-0.4, -0.2) is 57.8 Å². The van der Waals surface area contributed by atoms with Gasteiger partial charge in [-0.15, -0.1) is 0 Å². The summed E-state index contributed by atoms with van der Waals surface area (Å²) < 4.78 is 33.8. The molecule has 1 aliphatic carbocycles. The van der Waals surface area contributed by atoms with Crippen molar-refractivity contribution in [1.82, 2.24) is 9.62 Å². The van der Waals surface area contributed by atoms with Crippen molar-refractivity contribution >= 4 is 21.8 Å². The Kier molecular flexibility index (Phi) is 8.79. The topological polar surface area (TPSA) is 114 Å². The van der Waals surface area contributed by atoms with Crippen LogP contribution < -0.4 is 15.8 Å². The van der Waals surface area contributed by atoms with Gasteiger partial charge in [0.05, 0.1) is 12.0 Å². The van der Waals surface area contributed by atoms with Gasteiger partial charge in [-0.25, -0.2) is 8.42 Å². The van der Waals surface area contributed by atoms with Crippen molar-refractivity contribution < 1.29 is 17.9 Å². The number of aliphatic imine (C=N–C) groups is 1. The van der Waals surface area contributed by atoms with E-state index in [2.05, 4.69) is 10.3 Å². The van der Waals surface area contributed by atoms with E-state index < -0.39 is 22.0 Å². The van der Waals surface area contributed by atoms with Crippen LogP contribution in [0, 0.1) is 20.8 Å². The van der Waals surface area contributed by atoms with Crippen LogP contribution in [0.15, 0.2) is 40.2 Å². The fourth-order valence-corrected chi connectivity index (χ4v) is 6.72. The van der Waals surface area contributed by atoms with E-state index in [4.69, 9.17) is 10.5 Å². The largest absolute Gasteiger partial charge is 0.496 e. The van der Waals surface area contributed by atoms with E-state index in [0.29, 0.717) is 22.9 Å². The second kappa shape index (κ2) is 11.4. The van der Waals surface area contributed by atoms with Gasteiger partial charge in [-0.2, -0.15) is 4.31 Å². The molecular formula is C27H38N4O4S. The summed E-state index contributed by atoms with van der Waals surface area (Å²) in [5, 5.41) is 3.52. The lowest BCUT2D eigenvalue weighted by Crippen LogP contribution is -2.47. The number of benzene rings is 2. The average molecular weight is 515 g/mol. The highest BCUT2D eigenvalue weighted by Gasteiger charge is 2.34. The van der Waals surface area contributed by atoms with Crippen LogP contribution in [0.25, 0.3) is 0 Å². The number of nitrogens with zero attached hydrogens (tertiary/aromatic N) is 2. The number of nitrogens with two attached hydrogens (primary N) is 1. The van der Waals surface area contributed by atoms with Gasteiger partial charge in [0.15, 0.2) is 0 Å². The number of likely N-dealkylation sites (N-methyl/N-ethyl adjacent to an activating group) is 1. The Balaban J connectivity index is 1.85. The molecule has 1 fully saturated rings. The molecule has 0 aromatic heterocycles. The number of nitrogens with one attached hydrogen (secondary N) is 1. The molecule has 1 atom stereocenters. The summed E-state index contributed by atoms with van der Waals surface area (Å²) >= 11 is 0. The molecule has 0 spiro atoms. The minimum atomic E-state index is -4.00. The lowest BCUT2D eigenvalue weighted by molar-refractivity contribution is -0.121. The summed E-state index contributed by atoms with van der Waals surface area (Å²) in [5.41, 5.74) is 9.34. The third kappa shape index (κ3) is 5.73. The number of carbonyl (C=O) groups excluding carboxylic acids is 1. The van der Waals surface area contributed by atoms with Crippen LogP contribution in [0.3, 0.4) is 0 Å². The van der Waals surface area contributed by atoms with Crippen molar-refractivity contribution in [2.45, 2.75) is 69.9 Å². The molecular weight excluding hydrogens is 476 g/mol. The molecule has 1 aliphatic rings. The maximum atomic E-state index is 13.7. The summed E-state index contributed by atoms with van der Waals surface area (Å²) in [7, 11) is 0.719. The van der Waals surface area contributed by atoms with Gasteiger partial charge < -0.3 is 15.8 Å². The molecule has 1 amide bonds.